The van der Waals surface area contributed by atoms with Gasteiger partial charge in [-0.25, -0.2) is 9.18 Å². The highest BCUT2D eigenvalue weighted by atomic mass is 19.1. The van der Waals surface area contributed by atoms with Gasteiger partial charge in [0.15, 0.2) is 5.78 Å². The minimum absolute atomic E-state index is 0.317. The number of rotatable bonds is 1. The average molecular weight is 207 g/mol. The van der Waals surface area contributed by atoms with E-state index in [0.717, 1.165) is 12.1 Å². The van der Waals surface area contributed by atoms with Crippen LogP contribution in [0.15, 0.2) is 23.2 Å². The topological polar surface area (TPSA) is 66.7 Å². The zero-order valence-electron chi connectivity index (χ0n) is 7.48. The molecule has 0 saturated heterocycles. The number of ketones is 1. The van der Waals surface area contributed by atoms with E-state index in [2.05, 4.69) is 4.99 Å². The van der Waals surface area contributed by atoms with Crippen LogP contribution in [0.1, 0.15) is 0 Å². The second-order valence-corrected chi connectivity index (χ2v) is 3.12. The summed E-state index contributed by atoms with van der Waals surface area (Å²) < 4.78 is 12.8. The first kappa shape index (κ1) is 9.51. The number of hydrogen-bond donors (Lipinski definition) is 1. The summed E-state index contributed by atoms with van der Waals surface area (Å²) >= 11 is 0. The molecular formula is C10H6FNO3. The molecular weight excluding hydrogens is 201 g/mol. The minimum atomic E-state index is -1.40. The Balaban J connectivity index is 2.68. The molecule has 0 spiro atoms. The molecule has 1 unspecified atom stereocenters. The lowest BCUT2D eigenvalue weighted by molar-refractivity contribution is -0.140. The zero-order chi connectivity index (χ0) is 11.0. The van der Waals surface area contributed by atoms with E-state index in [4.69, 9.17) is 5.11 Å². The fourth-order valence-corrected chi connectivity index (χ4v) is 1.37. The Morgan fingerprint density at radius 2 is 2.20 bits per heavy atom. The van der Waals surface area contributed by atoms with E-state index < -0.39 is 23.6 Å². The van der Waals surface area contributed by atoms with Gasteiger partial charge in [0.2, 0.25) is 6.04 Å². The van der Waals surface area contributed by atoms with Crippen molar-refractivity contribution < 1.29 is 19.1 Å². The van der Waals surface area contributed by atoms with Crippen molar-refractivity contribution in [2.45, 2.75) is 6.04 Å². The fourth-order valence-electron chi connectivity index (χ4n) is 1.37. The van der Waals surface area contributed by atoms with Gasteiger partial charge in [0.05, 0.1) is 5.36 Å². The summed E-state index contributed by atoms with van der Waals surface area (Å²) in [4.78, 5) is 25.6. The fraction of sp³-hybridized carbons (Fsp3) is 0.100. The monoisotopic (exact) mass is 207 g/mol. The number of aliphatic carboxylic acids is 1. The van der Waals surface area contributed by atoms with Crippen molar-refractivity contribution in [3.05, 3.63) is 34.6 Å². The normalized spacial score (nSPS) is 18.7. The first-order valence-electron chi connectivity index (χ1n) is 4.20. The zero-order valence-corrected chi connectivity index (χ0v) is 7.48. The van der Waals surface area contributed by atoms with Gasteiger partial charge >= 0.3 is 5.97 Å². The molecule has 1 heterocycles. The van der Waals surface area contributed by atoms with Crippen LogP contribution in [0.2, 0.25) is 0 Å². The van der Waals surface area contributed by atoms with E-state index in [9.17, 15) is 14.0 Å². The maximum absolute atomic E-state index is 12.8. The van der Waals surface area contributed by atoms with Gasteiger partial charge in [-0.1, -0.05) is 0 Å². The molecule has 5 heteroatoms. The van der Waals surface area contributed by atoms with E-state index >= 15 is 0 Å². The highest BCUT2D eigenvalue weighted by molar-refractivity contribution is 6.18. The number of benzene rings is 1. The molecule has 76 valence electrons. The van der Waals surface area contributed by atoms with Crippen LogP contribution in [0, 0.1) is 5.82 Å². The van der Waals surface area contributed by atoms with Gasteiger partial charge in [0, 0.05) is 5.22 Å². The Hall–Kier alpha value is -2.04. The average Bonchev–Trinajstić information content (AvgIpc) is 2.15. The number of nitrogens with zero attached hydrogens (tertiary/aromatic N) is 1. The highest BCUT2D eigenvalue weighted by Gasteiger charge is 2.25. The molecule has 0 aliphatic carbocycles. The Morgan fingerprint density at radius 3 is 2.87 bits per heavy atom. The van der Waals surface area contributed by atoms with Gasteiger partial charge in [0.1, 0.15) is 5.82 Å². The number of carbonyl (C=O) groups excluding carboxylic acids is 1. The molecule has 1 aromatic carbocycles. The highest BCUT2D eigenvalue weighted by Crippen LogP contribution is 1.98. The van der Waals surface area contributed by atoms with Gasteiger partial charge in [-0.15, -0.1) is 0 Å². The smallest absolute Gasteiger partial charge is 0.336 e. The van der Waals surface area contributed by atoms with Crippen LogP contribution in [-0.4, -0.2) is 22.9 Å². The van der Waals surface area contributed by atoms with Crippen molar-refractivity contribution in [3.8, 4) is 0 Å². The van der Waals surface area contributed by atoms with E-state index in [1.165, 1.54) is 12.1 Å². The second kappa shape index (κ2) is 3.27. The first-order valence-corrected chi connectivity index (χ1v) is 4.20. The Morgan fingerprint density at radius 1 is 1.47 bits per heavy atom. The van der Waals surface area contributed by atoms with Crippen molar-refractivity contribution in [1.29, 1.82) is 0 Å². The third-order valence-corrected chi connectivity index (χ3v) is 2.06. The molecule has 0 bridgehead atoms. The van der Waals surface area contributed by atoms with E-state index in [-0.39, 0.29) is 0 Å². The van der Waals surface area contributed by atoms with Crippen molar-refractivity contribution in [2.75, 3.05) is 0 Å². The van der Waals surface area contributed by atoms with Crippen molar-refractivity contribution in [1.82, 2.24) is 0 Å². The Kier molecular flexibility index (Phi) is 2.07. The molecule has 0 amide bonds. The van der Waals surface area contributed by atoms with Crippen molar-refractivity contribution in [2.24, 2.45) is 4.99 Å². The summed E-state index contributed by atoms with van der Waals surface area (Å²) in [7, 11) is 0. The number of Topliss-reactive ketones (excluding diaryl/α,β-unsaturated/α-hetero) is 1. The SMILES string of the molecule is O=C(O)C1N=c2ccc(F)cc2=CC1=O. The van der Waals surface area contributed by atoms with Crippen molar-refractivity contribution in [3.63, 3.8) is 0 Å². The van der Waals surface area contributed by atoms with Gasteiger partial charge < -0.3 is 5.11 Å². The molecule has 0 fully saturated rings. The molecule has 0 aromatic heterocycles. The molecule has 1 N–H and O–H groups in total. The van der Waals surface area contributed by atoms with Gasteiger partial charge in [-0.2, -0.15) is 0 Å². The van der Waals surface area contributed by atoms with Crippen LogP contribution in [0.4, 0.5) is 4.39 Å². The second-order valence-electron chi connectivity index (χ2n) is 3.12. The molecule has 0 saturated carbocycles. The summed E-state index contributed by atoms with van der Waals surface area (Å²) in [5.41, 5.74) is 0. The third kappa shape index (κ3) is 1.63. The predicted molar refractivity (Wildman–Crippen MR) is 48.1 cm³/mol. The molecule has 1 aromatic rings. The van der Waals surface area contributed by atoms with Crippen LogP contribution in [-0.2, 0) is 9.59 Å². The Labute approximate surface area is 83.4 Å². The van der Waals surface area contributed by atoms with Crippen LogP contribution < -0.4 is 10.6 Å². The summed E-state index contributed by atoms with van der Waals surface area (Å²) in [5.74, 6) is -2.42. The number of carbonyl (C=O) groups is 2. The number of carboxylic acids is 1. The summed E-state index contributed by atoms with van der Waals surface area (Å²) in [6, 6.07) is 2.27. The third-order valence-electron chi connectivity index (χ3n) is 2.06. The van der Waals surface area contributed by atoms with Crippen LogP contribution in [0.25, 0.3) is 6.08 Å². The van der Waals surface area contributed by atoms with Gasteiger partial charge in [0.25, 0.3) is 0 Å². The van der Waals surface area contributed by atoms with Crippen LogP contribution in [0.3, 0.4) is 0 Å². The van der Waals surface area contributed by atoms with Gasteiger partial charge in [-0.3, -0.25) is 9.79 Å². The van der Waals surface area contributed by atoms with Gasteiger partial charge in [-0.05, 0) is 24.3 Å². The lowest BCUT2D eigenvalue weighted by Crippen LogP contribution is -2.39. The number of carboxylic acid groups (broad SMARTS) is 1. The summed E-state index contributed by atoms with van der Waals surface area (Å²) in [6.07, 6.45) is 1.10. The minimum Gasteiger partial charge on any atom is -0.479 e. The Bertz CT molecular complexity index is 565. The standard InChI is InChI=1S/C10H6FNO3/c11-6-1-2-7-5(3-6)4-8(13)9(12-7)10(14)15/h1-4,9H,(H,14,15). The summed E-state index contributed by atoms with van der Waals surface area (Å²) in [6.45, 7) is 0. The molecule has 0 radical (unpaired) electrons. The van der Waals surface area contributed by atoms with E-state index in [1.807, 2.05) is 0 Å². The lowest BCUT2D eigenvalue weighted by Gasteiger charge is -2.07. The first-order chi connectivity index (χ1) is 7.08. The van der Waals surface area contributed by atoms with Crippen LogP contribution >= 0.6 is 0 Å². The maximum atomic E-state index is 12.8. The quantitative estimate of drug-likeness (QED) is 0.617. The molecule has 1 atom stereocenters. The predicted octanol–water partition coefficient (Wildman–Crippen LogP) is -0.738. The number of halogens is 1. The van der Waals surface area contributed by atoms with E-state index in [1.54, 1.807) is 0 Å². The largest absolute Gasteiger partial charge is 0.479 e. The van der Waals surface area contributed by atoms with Crippen LogP contribution in [0.5, 0.6) is 0 Å². The van der Waals surface area contributed by atoms with Crippen molar-refractivity contribution >= 4 is 17.8 Å². The molecule has 1 aliphatic rings. The molecule has 1 aliphatic heterocycles. The molecule has 15 heavy (non-hydrogen) atoms. The number of hydrogen-bond acceptors (Lipinski definition) is 3. The molecule has 2 rings (SSSR count). The number of fused-ring (bicyclic) bond motifs is 1. The molecule has 4 nitrogen and oxygen atoms in total. The summed E-state index contributed by atoms with van der Waals surface area (Å²) in [5, 5.41) is 9.32. The maximum Gasteiger partial charge on any atom is 0.336 e. The lowest BCUT2D eigenvalue weighted by atomic mass is 10.1. The van der Waals surface area contributed by atoms with E-state index in [0.29, 0.717) is 10.6 Å².